The zero-order chi connectivity index (χ0) is 22.7. The van der Waals surface area contributed by atoms with Gasteiger partial charge >= 0.3 is 5.97 Å². The Labute approximate surface area is 196 Å². The van der Waals surface area contributed by atoms with E-state index in [1.165, 1.54) is 11.8 Å². The van der Waals surface area contributed by atoms with Gasteiger partial charge in [0.1, 0.15) is 0 Å². The smallest absolute Gasteiger partial charge is 0.316 e. The molecule has 32 heavy (non-hydrogen) atoms. The minimum absolute atomic E-state index is 0.0979. The van der Waals surface area contributed by atoms with Gasteiger partial charge in [0.15, 0.2) is 6.61 Å². The summed E-state index contributed by atoms with van der Waals surface area (Å²) in [5.74, 6) is -0.559. The molecule has 4 nitrogen and oxygen atoms in total. The molecule has 0 aliphatic carbocycles. The highest BCUT2D eigenvalue weighted by Gasteiger charge is 2.18. The molecule has 0 saturated heterocycles. The number of nitrogens with zero attached hydrogens (tertiary/aromatic N) is 1. The molecular weight excluding hydrogens is 442 g/mol. The molecule has 0 unspecified atom stereocenters. The third-order valence-electron chi connectivity index (χ3n) is 5.27. The van der Waals surface area contributed by atoms with Gasteiger partial charge in [0, 0.05) is 37.9 Å². The number of aromatic nitrogens is 1. The summed E-state index contributed by atoms with van der Waals surface area (Å²) in [4.78, 5) is 26.0. The Kier molecular flexibility index (Phi) is 6.68. The van der Waals surface area contributed by atoms with E-state index >= 15 is 0 Å². The van der Waals surface area contributed by atoms with Crippen LogP contribution < -0.4 is 0 Å². The van der Waals surface area contributed by atoms with Gasteiger partial charge in [-0.15, -0.1) is 11.8 Å². The van der Waals surface area contributed by atoms with Crippen molar-refractivity contribution in [3.8, 4) is 5.69 Å². The van der Waals surface area contributed by atoms with Gasteiger partial charge in [-0.2, -0.15) is 0 Å². The average molecular weight is 464 g/mol. The number of aryl methyl sites for hydroxylation is 1. The number of fused-ring (bicyclic) bond motifs is 1. The number of para-hydroxylation sites is 1. The van der Waals surface area contributed by atoms with E-state index in [1.54, 1.807) is 0 Å². The molecule has 162 valence electrons. The number of ether oxygens (including phenoxy) is 1. The van der Waals surface area contributed by atoms with Gasteiger partial charge in [-0.25, -0.2) is 0 Å². The number of hydrogen-bond acceptors (Lipinski definition) is 4. The van der Waals surface area contributed by atoms with Crippen LogP contribution in [0.15, 0.2) is 77.7 Å². The number of esters is 1. The third-order valence-corrected chi connectivity index (χ3v) is 6.62. The summed E-state index contributed by atoms with van der Waals surface area (Å²) in [6, 6.07) is 23.2. The normalized spacial score (nSPS) is 11.0. The van der Waals surface area contributed by atoms with Crippen LogP contribution in [0.4, 0.5) is 0 Å². The predicted molar refractivity (Wildman–Crippen MR) is 130 cm³/mol. The molecule has 4 rings (SSSR count). The number of benzene rings is 3. The molecule has 0 N–H and O–H groups in total. The first-order valence-electron chi connectivity index (χ1n) is 10.2. The van der Waals surface area contributed by atoms with Crippen molar-refractivity contribution >= 4 is 45.9 Å². The minimum Gasteiger partial charge on any atom is -0.457 e. The number of rotatable bonds is 7. The van der Waals surface area contributed by atoms with E-state index in [0.717, 1.165) is 32.7 Å². The number of hydrogen-bond donors (Lipinski definition) is 0. The summed E-state index contributed by atoms with van der Waals surface area (Å²) in [5, 5.41) is 2.57. The van der Waals surface area contributed by atoms with Gasteiger partial charge in [-0.1, -0.05) is 54.1 Å². The molecule has 0 atom stereocenters. The molecule has 3 aromatic carbocycles. The van der Waals surface area contributed by atoms with Crippen LogP contribution in [-0.2, 0) is 9.53 Å². The molecule has 0 aliphatic rings. The maximum absolute atomic E-state index is 12.7. The molecule has 1 aromatic heterocycles. The largest absolute Gasteiger partial charge is 0.457 e. The fourth-order valence-corrected chi connectivity index (χ4v) is 5.05. The van der Waals surface area contributed by atoms with Crippen molar-refractivity contribution in [2.75, 3.05) is 12.4 Å². The lowest BCUT2D eigenvalue weighted by Gasteiger charge is -2.10. The maximum atomic E-state index is 12.7. The molecule has 0 amide bonds. The predicted octanol–water partition coefficient (Wildman–Crippen LogP) is 6.42. The molecular formula is C26H22ClNO3S. The van der Waals surface area contributed by atoms with Crippen LogP contribution in [0, 0.1) is 13.8 Å². The quantitative estimate of drug-likeness (QED) is 0.180. The van der Waals surface area contributed by atoms with E-state index in [4.69, 9.17) is 16.3 Å². The van der Waals surface area contributed by atoms with Crippen molar-refractivity contribution in [3.05, 3.63) is 94.8 Å². The van der Waals surface area contributed by atoms with Crippen molar-refractivity contribution in [1.29, 1.82) is 0 Å². The second-order valence-corrected chi connectivity index (χ2v) is 8.85. The van der Waals surface area contributed by atoms with E-state index in [1.807, 2.05) is 91.2 Å². The van der Waals surface area contributed by atoms with Crippen LogP contribution >= 0.6 is 23.4 Å². The summed E-state index contributed by atoms with van der Waals surface area (Å²) in [6.07, 6.45) is 0. The Morgan fingerprint density at radius 3 is 2.44 bits per heavy atom. The first-order valence-corrected chi connectivity index (χ1v) is 11.6. The lowest BCUT2D eigenvalue weighted by atomic mass is 10.1. The van der Waals surface area contributed by atoms with Crippen molar-refractivity contribution in [1.82, 2.24) is 4.57 Å². The van der Waals surface area contributed by atoms with E-state index in [9.17, 15) is 9.59 Å². The lowest BCUT2D eigenvalue weighted by molar-refractivity contribution is -0.139. The number of thioether (sulfide) groups is 1. The molecule has 0 saturated carbocycles. The van der Waals surface area contributed by atoms with Gasteiger partial charge < -0.3 is 9.30 Å². The van der Waals surface area contributed by atoms with Crippen molar-refractivity contribution in [3.63, 3.8) is 0 Å². The van der Waals surface area contributed by atoms with Gasteiger partial charge in [0.2, 0.25) is 5.78 Å². The average Bonchev–Trinajstić information content (AvgIpc) is 3.10. The second kappa shape index (κ2) is 9.63. The van der Waals surface area contributed by atoms with Crippen LogP contribution in [-0.4, -0.2) is 28.7 Å². The molecule has 4 aromatic rings. The summed E-state index contributed by atoms with van der Waals surface area (Å²) < 4.78 is 7.30. The third kappa shape index (κ3) is 4.59. The van der Waals surface area contributed by atoms with Crippen LogP contribution in [0.5, 0.6) is 0 Å². The SMILES string of the molecule is Cc1cc(C(=O)COC(=O)CSc2cccc3cccc(Cl)c23)c(C)n1-c1ccccc1. The molecule has 6 heteroatoms. The second-order valence-electron chi connectivity index (χ2n) is 7.42. The van der Waals surface area contributed by atoms with Crippen LogP contribution in [0.25, 0.3) is 16.5 Å². The highest BCUT2D eigenvalue weighted by molar-refractivity contribution is 8.00. The highest BCUT2D eigenvalue weighted by Crippen LogP contribution is 2.33. The Hall–Kier alpha value is -3.02. The van der Waals surface area contributed by atoms with Gasteiger partial charge in [0.05, 0.1) is 5.75 Å². The molecule has 0 aliphatic heterocycles. The topological polar surface area (TPSA) is 48.3 Å². The van der Waals surface area contributed by atoms with Crippen LogP contribution in [0.3, 0.4) is 0 Å². The highest BCUT2D eigenvalue weighted by atomic mass is 35.5. The van der Waals surface area contributed by atoms with Crippen molar-refractivity contribution in [2.45, 2.75) is 18.7 Å². The zero-order valence-electron chi connectivity index (χ0n) is 17.8. The summed E-state index contributed by atoms with van der Waals surface area (Å²) in [7, 11) is 0. The van der Waals surface area contributed by atoms with E-state index in [0.29, 0.717) is 10.6 Å². The number of Topliss-reactive ketones (excluding diaryl/α,β-unsaturated/α-hetero) is 1. The van der Waals surface area contributed by atoms with Gasteiger partial charge in [-0.05, 0) is 49.6 Å². The summed E-state index contributed by atoms with van der Waals surface area (Å²) >= 11 is 7.70. The van der Waals surface area contributed by atoms with Crippen molar-refractivity contribution < 1.29 is 14.3 Å². The standard InChI is InChI=1S/C26H22ClNO3S/c1-17-14-21(18(2)28(17)20-10-4-3-5-11-20)23(29)15-31-25(30)16-32-24-13-7-9-19-8-6-12-22(27)26(19)24/h3-14H,15-16H2,1-2H3. The van der Waals surface area contributed by atoms with E-state index in [2.05, 4.69) is 0 Å². The van der Waals surface area contributed by atoms with Gasteiger partial charge in [-0.3, -0.25) is 9.59 Å². The molecule has 0 bridgehead atoms. The minimum atomic E-state index is -0.440. The van der Waals surface area contributed by atoms with E-state index < -0.39 is 5.97 Å². The monoisotopic (exact) mass is 463 g/mol. The summed E-state index contributed by atoms with van der Waals surface area (Å²) in [6.45, 7) is 3.57. The van der Waals surface area contributed by atoms with Crippen LogP contribution in [0.2, 0.25) is 5.02 Å². The molecule has 0 spiro atoms. The first kappa shape index (κ1) is 22.2. The summed E-state index contributed by atoms with van der Waals surface area (Å²) in [5.41, 5.74) is 3.33. The molecule has 0 radical (unpaired) electrons. The Morgan fingerprint density at radius 2 is 1.69 bits per heavy atom. The molecule has 0 fully saturated rings. The Balaban J connectivity index is 1.40. The number of carbonyl (C=O) groups is 2. The lowest BCUT2D eigenvalue weighted by Crippen LogP contribution is -2.16. The molecule has 1 heterocycles. The maximum Gasteiger partial charge on any atom is 0.316 e. The van der Waals surface area contributed by atoms with Gasteiger partial charge in [0.25, 0.3) is 0 Å². The van der Waals surface area contributed by atoms with Crippen LogP contribution in [0.1, 0.15) is 21.7 Å². The number of carbonyl (C=O) groups excluding carboxylic acids is 2. The fraction of sp³-hybridized carbons (Fsp3) is 0.154. The van der Waals surface area contributed by atoms with E-state index in [-0.39, 0.29) is 18.1 Å². The first-order chi connectivity index (χ1) is 15.5. The zero-order valence-corrected chi connectivity index (χ0v) is 19.4. The van der Waals surface area contributed by atoms with Crippen molar-refractivity contribution in [2.24, 2.45) is 0 Å². The Morgan fingerprint density at radius 1 is 0.969 bits per heavy atom. The Bertz CT molecular complexity index is 1290. The number of ketones is 1. The fourth-order valence-electron chi connectivity index (χ4n) is 3.80. The number of halogens is 1.